The Morgan fingerprint density at radius 2 is 2.00 bits per heavy atom. The third kappa shape index (κ3) is 2.83. The van der Waals surface area contributed by atoms with Gasteiger partial charge >= 0.3 is 0 Å². The summed E-state index contributed by atoms with van der Waals surface area (Å²) >= 11 is 13.8. The van der Waals surface area contributed by atoms with Crippen molar-refractivity contribution >= 4 is 45.9 Å². The standard InChI is InChI=1S/C11H11Cl2N3S/c1-6(11-15-2-3-17-11)16-10-8(12)4-7(14)5-9(10)13/h2-6,16H,14H2,1H3. The number of nitrogen functional groups attached to an aromatic ring is 1. The Balaban J connectivity index is 2.25. The van der Waals surface area contributed by atoms with Crippen LogP contribution in [0.4, 0.5) is 11.4 Å². The van der Waals surface area contributed by atoms with Gasteiger partial charge in [0, 0.05) is 17.3 Å². The normalized spacial score (nSPS) is 12.4. The topological polar surface area (TPSA) is 50.9 Å². The molecule has 0 amide bonds. The van der Waals surface area contributed by atoms with E-state index in [4.69, 9.17) is 28.9 Å². The van der Waals surface area contributed by atoms with Gasteiger partial charge < -0.3 is 11.1 Å². The van der Waals surface area contributed by atoms with Crippen molar-refractivity contribution in [2.45, 2.75) is 13.0 Å². The Morgan fingerprint density at radius 1 is 1.35 bits per heavy atom. The number of thiazole rings is 1. The summed E-state index contributed by atoms with van der Waals surface area (Å²) in [5, 5.41) is 7.17. The number of benzene rings is 1. The van der Waals surface area contributed by atoms with Crippen LogP contribution in [0.15, 0.2) is 23.7 Å². The van der Waals surface area contributed by atoms with E-state index in [2.05, 4.69) is 10.3 Å². The maximum atomic E-state index is 6.10. The second-order valence-corrected chi connectivity index (χ2v) is 5.34. The monoisotopic (exact) mass is 287 g/mol. The van der Waals surface area contributed by atoms with Crippen molar-refractivity contribution in [2.24, 2.45) is 0 Å². The van der Waals surface area contributed by atoms with Crippen molar-refractivity contribution in [2.75, 3.05) is 11.1 Å². The minimum absolute atomic E-state index is 0.0497. The molecule has 1 heterocycles. The van der Waals surface area contributed by atoms with Gasteiger partial charge in [0.05, 0.1) is 21.8 Å². The third-order valence-electron chi connectivity index (χ3n) is 2.25. The number of rotatable bonds is 3. The predicted octanol–water partition coefficient (Wildman–Crippen LogP) is 4.21. The molecule has 3 nitrogen and oxygen atoms in total. The van der Waals surface area contributed by atoms with Gasteiger partial charge in [0.25, 0.3) is 0 Å². The summed E-state index contributed by atoms with van der Waals surface area (Å²) in [6.45, 7) is 2.00. The van der Waals surface area contributed by atoms with Crippen LogP contribution in [0.2, 0.25) is 10.0 Å². The average Bonchev–Trinajstić information content (AvgIpc) is 2.76. The van der Waals surface area contributed by atoms with Crippen LogP contribution < -0.4 is 11.1 Å². The number of nitrogens with two attached hydrogens (primary N) is 1. The largest absolute Gasteiger partial charge is 0.399 e. The zero-order valence-corrected chi connectivity index (χ0v) is 11.4. The molecule has 1 unspecified atom stereocenters. The molecule has 0 radical (unpaired) electrons. The van der Waals surface area contributed by atoms with Gasteiger partial charge in [0.1, 0.15) is 5.01 Å². The molecule has 0 bridgehead atoms. The molecule has 1 atom stereocenters. The molecular formula is C11H11Cl2N3S. The molecule has 0 aliphatic heterocycles. The summed E-state index contributed by atoms with van der Waals surface area (Å²) in [7, 11) is 0. The Hall–Kier alpha value is -0.970. The van der Waals surface area contributed by atoms with Gasteiger partial charge in [-0.2, -0.15) is 0 Å². The van der Waals surface area contributed by atoms with E-state index in [1.807, 2.05) is 12.3 Å². The second kappa shape index (κ2) is 5.12. The minimum Gasteiger partial charge on any atom is -0.399 e. The maximum Gasteiger partial charge on any atom is 0.115 e. The highest BCUT2D eigenvalue weighted by Crippen LogP contribution is 2.35. The molecule has 90 valence electrons. The van der Waals surface area contributed by atoms with Crippen LogP contribution in [0.25, 0.3) is 0 Å². The van der Waals surface area contributed by atoms with Gasteiger partial charge in [-0.25, -0.2) is 4.98 Å². The highest BCUT2D eigenvalue weighted by atomic mass is 35.5. The van der Waals surface area contributed by atoms with E-state index in [1.54, 1.807) is 29.7 Å². The molecule has 17 heavy (non-hydrogen) atoms. The van der Waals surface area contributed by atoms with Crippen molar-refractivity contribution in [1.82, 2.24) is 4.98 Å². The van der Waals surface area contributed by atoms with Crippen molar-refractivity contribution in [1.29, 1.82) is 0 Å². The van der Waals surface area contributed by atoms with Gasteiger partial charge in [-0.3, -0.25) is 0 Å². The Kier molecular flexibility index (Phi) is 3.76. The molecule has 0 fully saturated rings. The molecule has 0 aliphatic rings. The van der Waals surface area contributed by atoms with E-state index >= 15 is 0 Å². The highest BCUT2D eigenvalue weighted by Gasteiger charge is 2.13. The number of nitrogens with zero attached hydrogens (tertiary/aromatic N) is 1. The first-order valence-corrected chi connectivity index (χ1v) is 6.62. The lowest BCUT2D eigenvalue weighted by Gasteiger charge is -2.16. The van der Waals surface area contributed by atoms with Crippen molar-refractivity contribution in [3.8, 4) is 0 Å². The predicted molar refractivity (Wildman–Crippen MR) is 75.0 cm³/mol. The molecule has 1 aromatic carbocycles. The molecule has 2 rings (SSSR count). The molecule has 6 heteroatoms. The van der Waals surface area contributed by atoms with Crippen LogP contribution in [0.5, 0.6) is 0 Å². The smallest absolute Gasteiger partial charge is 0.115 e. The van der Waals surface area contributed by atoms with E-state index in [-0.39, 0.29) is 6.04 Å². The van der Waals surface area contributed by atoms with E-state index in [9.17, 15) is 0 Å². The number of aromatic nitrogens is 1. The van der Waals surface area contributed by atoms with Crippen LogP contribution in [-0.4, -0.2) is 4.98 Å². The Morgan fingerprint density at radius 3 is 2.53 bits per heavy atom. The van der Waals surface area contributed by atoms with Crippen LogP contribution >= 0.6 is 34.5 Å². The third-order valence-corrected chi connectivity index (χ3v) is 3.80. The molecule has 0 saturated heterocycles. The highest BCUT2D eigenvalue weighted by molar-refractivity contribution is 7.09. The molecule has 0 aliphatic carbocycles. The fraction of sp³-hybridized carbons (Fsp3) is 0.182. The average molecular weight is 288 g/mol. The fourth-order valence-corrected chi connectivity index (χ4v) is 2.72. The van der Waals surface area contributed by atoms with Gasteiger partial charge in [0.2, 0.25) is 0 Å². The van der Waals surface area contributed by atoms with Gasteiger partial charge in [-0.05, 0) is 19.1 Å². The quantitative estimate of drug-likeness (QED) is 0.832. The summed E-state index contributed by atoms with van der Waals surface area (Å²) in [4.78, 5) is 4.23. The van der Waals surface area contributed by atoms with E-state index in [0.29, 0.717) is 21.4 Å². The molecular weight excluding hydrogens is 277 g/mol. The first kappa shape index (κ1) is 12.5. The molecule has 3 N–H and O–H groups in total. The second-order valence-electron chi connectivity index (χ2n) is 3.60. The summed E-state index contributed by atoms with van der Waals surface area (Å²) in [6.07, 6.45) is 1.77. The summed E-state index contributed by atoms with van der Waals surface area (Å²) in [5.41, 5.74) is 6.88. The van der Waals surface area contributed by atoms with Gasteiger partial charge in [0.15, 0.2) is 0 Å². The molecule has 2 aromatic rings. The van der Waals surface area contributed by atoms with Crippen molar-refractivity contribution in [3.05, 3.63) is 38.8 Å². The van der Waals surface area contributed by atoms with Crippen molar-refractivity contribution in [3.63, 3.8) is 0 Å². The lowest BCUT2D eigenvalue weighted by molar-refractivity contribution is 0.870. The summed E-state index contributed by atoms with van der Waals surface area (Å²) in [6, 6.07) is 3.39. The summed E-state index contributed by atoms with van der Waals surface area (Å²) < 4.78 is 0. The van der Waals surface area contributed by atoms with Crippen LogP contribution in [0.1, 0.15) is 18.0 Å². The van der Waals surface area contributed by atoms with E-state index < -0.39 is 0 Å². The zero-order valence-electron chi connectivity index (χ0n) is 9.08. The van der Waals surface area contributed by atoms with Crippen molar-refractivity contribution < 1.29 is 0 Å². The lowest BCUT2D eigenvalue weighted by Crippen LogP contribution is -2.07. The van der Waals surface area contributed by atoms with Gasteiger partial charge in [-0.15, -0.1) is 11.3 Å². The number of hydrogen-bond donors (Lipinski definition) is 2. The molecule has 0 spiro atoms. The first-order chi connectivity index (χ1) is 8.08. The molecule has 1 aromatic heterocycles. The minimum atomic E-state index is 0.0497. The zero-order chi connectivity index (χ0) is 12.4. The van der Waals surface area contributed by atoms with Crippen LogP contribution in [-0.2, 0) is 0 Å². The molecule has 0 saturated carbocycles. The van der Waals surface area contributed by atoms with E-state index in [0.717, 1.165) is 5.01 Å². The lowest BCUT2D eigenvalue weighted by atomic mass is 10.2. The maximum absolute atomic E-state index is 6.10. The number of anilines is 2. The van der Waals surface area contributed by atoms with Crippen LogP contribution in [0, 0.1) is 0 Å². The first-order valence-electron chi connectivity index (χ1n) is 4.98. The Bertz CT molecular complexity index is 490. The van der Waals surface area contributed by atoms with E-state index in [1.165, 1.54) is 0 Å². The Labute approximate surface area is 114 Å². The van der Waals surface area contributed by atoms with Gasteiger partial charge in [-0.1, -0.05) is 23.2 Å². The number of nitrogens with one attached hydrogen (secondary N) is 1. The SMILES string of the molecule is CC(Nc1c(Cl)cc(N)cc1Cl)c1nccs1. The van der Waals surface area contributed by atoms with Crippen LogP contribution in [0.3, 0.4) is 0 Å². The summed E-state index contributed by atoms with van der Waals surface area (Å²) in [5.74, 6) is 0. The fourth-order valence-electron chi connectivity index (χ4n) is 1.46. The number of hydrogen-bond acceptors (Lipinski definition) is 4. The number of halogens is 2.